The largest absolute Gasteiger partial charge is 1.00 e. The molecule has 0 aliphatic rings. The fourth-order valence-electron chi connectivity index (χ4n) is 4.50. The molecule has 6 rings (SSSR count). The minimum atomic E-state index is -1.32. The Morgan fingerprint density at radius 3 is 1.29 bits per heavy atom. The SMILES string of the molecule is Nc1nc(Nc2cccc(C(=O)[O-])c2)nc(Nc2cccc3cccc(Nc4nc(N)nc(Nc5cccc(C(=O)[O-])c5)n4)c23)n1.[Na+].[Na+]. The van der Waals surface area contributed by atoms with E-state index in [4.69, 9.17) is 11.5 Å². The van der Waals surface area contributed by atoms with Crippen molar-refractivity contribution in [3.8, 4) is 0 Å². The van der Waals surface area contributed by atoms with Crippen molar-refractivity contribution in [1.29, 1.82) is 0 Å². The van der Waals surface area contributed by atoms with Gasteiger partial charge in [-0.3, -0.25) is 0 Å². The van der Waals surface area contributed by atoms with Gasteiger partial charge in [-0.2, -0.15) is 29.9 Å². The van der Waals surface area contributed by atoms with Crippen molar-refractivity contribution in [2.24, 2.45) is 0 Å². The molecule has 0 spiro atoms. The normalized spacial score (nSPS) is 10.2. The van der Waals surface area contributed by atoms with E-state index in [1.54, 1.807) is 24.3 Å². The number of aromatic carboxylic acids is 2. The fraction of sp³-hybridized carbons (Fsp3) is 0. The number of anilines is 10. The maximum absolute atomic E-state index is 11.3. The number of carboxylic acids is 2. The van der Waals surface area contributed by atoms with E-state index in [-0.39, 0.29) is 106 Å². The van der Waals surface area contributed by atoms with Gasteiger partial charge in [0.2, 0.25) is 35.7 Å². The van der Waals surface area contributed by atoms with E-state index in [0.717, 1.165) is 10.8 Å². The molecule has 2 heterocycles. The molecule has 18 heteroatoms. The topological polar surface area (TPSA) is 258 Å². The molecule has 0 saturated carbocycles. The second kappa shape index (κ2) is 15.7. The molecule has 0 atom stereocenters. The summed E-state index contributed by atoms with van der Waals surface area (Å²) in [5.74, 6) is -2.42. The number of nitrogen functional groups attached to an aromatic ring is 2. The standard InChI is InChI=1S/C30H24N12O4.2Na/c31-25-37-27(33-18-9-1-7-16(13-18)23(43)44)41-29(39-25)35-20-11-3-5-15-6-4-12-21(22(15)20)36-30-40-26(32)38-28(42-30)34-19-10-2-8-17(14-19)24(45)46;;/h1-14H,(H,43,44)(H,45,46)(H4,31,33,35,37,39,41)(H4,32,34,36,38,40,42);;/q;2*+1/p-2. The molecule has 4 aromatic carbocycles. The molecule has 0 aliphatic carbocycles. The monoisotopic (exact) mass is 660 g/mol. The van der Waals surface area contributed by atoms with Gasteiger partial charge in [-0.25, -0.2) is 0 Å². The van der Waals surface area contributed by atoms with Crippen molar-refractivity contribution in [3.63, 3.8) is 0 Å². The number of nitrogens with two attached hydrogens (primary N) is 2. The van der Waals surface area contributed by atoms with E-state index >= 15 is 0 Å². The molecule has 6 aromatic rings. The summed E-state index contributed by atoms with van der Waals surface area (Å²) < 4.78 is 0. The van der Waals surface area contributed by atoms with Gasteiger partial charge >= 0.3 is 59.1 Å². The zero-order valence-corrected chi connectivity index (χ0v) is 29.6. The predicted octanol–water partition coefficient (Wildman–Crippen LogP) is -3.92. The molecule has 16 nitrogen and oxygen atoms in total. The average molecular weight is 661 g/mol. The molecule has 0 amide bonds. The van der Waals surface area contributed by atoms with Crippen LogP contribution in [0.15, 0.2) is 84.9 Å². The number of carbonyl (C=O) groups is 2. The van der Waals surface area contributed by atoms with Crippen LogP contribution in [0.25, 0.3) is 10.8 Å². The number of nitrogens with one attached hydrogen (secondary N) is 4. The van der Waals surface area contributed by atoms with Crippen LogP contribution in [0, 0.1) is 0 Å². The number of nitrogens with zero attached hydrogens (tertiary/aromatic N) is 6. The van der Waals surface area contributed by atoms with Crippen LogP contribution >= 0.6 is 0 Å². The Morgan fingerprint density at radius 1 is 0.521 bits per heavy atom. The van der Waals surface area contributed by atoms with Gasteiger partial charge in [-0.05, 0) is 52.9 Å². The van der Waals surface area contributed by atoms with Gasteiger partial charge < -0.3 is 52.5 Å². The molecule has 0 radical (unpaired) electrons. The quantitative estimate of drug-likeness (QED) is 0.0767. The van der Waals surface area contributed by atoms with Crippen LogP contribution in [0.1, 0.15) is 20.7 Å². The molecular weight excluding hydrogens is 638 g/mol. The van der Waals surface area contributed by atoms with Crippen LogP contribution in [-0.2, 0) is 0 Å². The van der Waals surface area contributed by atoms with Gasteiger partial charge in [-0.15, -0.1) is 0 Å². The van der Waals surface area contributed by atoms with Crippen LogP contribution in [0.4, 0.5) is 58.4 Å². The molecule has 0 bridgehead atoms. The molecule has 8 N–H and O–H groups in total. The summed E-state index contributed by atoms with van der Waals surface area (Å²) in [4.78, 5) is 47.9. The smallest absolute Gasteiger partial charge is 0.545 e. The number of carboxylic acid groups (broad SMARTS) is 2. The van der Waals surface area contributed by atoms with Crippen LogP contribution in [-0.4, -0.2) is 41.8 Å². The Hall–Kier alpha value is -5.10. The van der Waals surface area contributed by atoms with Gasteiger partial charge in [0.25, 0.3) is 0 Å². The average Bonchev–Trinajstić information content (AvgIpc) is 3.01. The Balaban J connectivity index is 0.00000260. The molecule has 0 saturated heterocycles. The second-order valence-corrected chi connectivity index (χ2v) is 9.63. The minimum Gasteiger partial charge on any atom is -0.545 e. The summed E-state index contributed by atoms with van der Waals surface area (Å²) in [5.41, 5.74) is 13.9. The fourth-order valence-corrected chi connectivity index (χ4v) is 4.50. The van der Waals surface area contributed by atoms with E-state index in [0.29, 0.717) is 22.7 Å². The van der Waals surface area contributed by atoms with Crippen molar-refractivity contribution in [2.45, 2.75) is 0 Å². The third-order valence-corrected chi connectivity index (χ3v) is 6.41. The van der Waals surface area contributed by atoms with Gasteiger partial charge in [0.15, 0.2) is 0 Å². The first-order valence-electron chi connectivity index (χ1n) is 13.5. The maximum atomic E-state index is 11.3. The number of rotatable bonds is 10. The van der Waals surface area contributed by atoms with E-state index in [1.807, 2.05) is 36.4 Å². The summed E-state index contributed by atoms with van der Waals surface area (Å²) in [6.07, 6.45) is 0. The zero-order chi connectivity index (χ0) is 32.2. The summed E-state index contributed by atoms with van der Waals surface area (Å²) in [6, 6.07) is 23.1. The summed E-state index contributed by atoms with van der Waals surface area (Å²) in [6.45, 7) is 0. The molecule has 2 aromatic heterocycles. The van der Waals surface area contributed by atoms with Gasteiger partial charge in [0.1, 0.15) is 0 Å². The summed E-state index contributed by atoms with van der Waals surface area (Å²) in [7, 11) is 0. The van der Waals surface area contributed by atoms with Gasteiger partial charge in [-0.1, -0.05) is 48.5 Å². The number of hydrogen-bond acceptors (Lipinski definition) is 16. The Kier molecular flexibility index (Phi) is 11.7. The number of carbonyl (C=O) groups excluding carboxylic acids is 2. The number of hydrogen-bond donors (Lipinski definition) is 6. The van der Waals surface area contributed by atoms with Crippen molar-refractivity contribution >= 4 is 81.2 Å². The minimum absolute atomic E-state index is 0. The third kappa shape index (κ3) is 8.62. The maximum Gasteiger partial charge on any atom is 1.00 e. The van der Waals surface area contributed by atoms with E-state index in [9.17, 15) is 19.8 Å². The number of benzene rings is 4. The van der Waals surface area contributed by atoms with E-state index in [1.165, 1.54) is 24.3 Å². The van der Waals surface area contributed by atoms with Crippen molar-refractivity contribution < 1.29 is 78.9 Å². The molecule has 0 fully saturated rings. The summed E-state index contributed by atoms with van der Waals surface area (Å²) in [5, 5.41) is 36.3. The predicted molar refractivity (Wildman–Crippen MR) is 167 cm³/mol. The van der Waals surface area contributed by atoms with Gasteiger partial charge in [0, 0.05) is 16.8 Å². The Labute approximate surface area is 316 Å². The van der Waals surface area contributed by atoms with Crippen molar-refractivity contribution in [1.82, 2.24) is 29.9 Å². The Bertz CT molecular complexity index is 1990. The molecule has 48 heavy (non-hydrogen) atoms. The summed E-state index contributed by atoms with van der Waals surface area (Å²) >= 11 is 0. The Morgan fingerprint density at radius 2 is 0.896 bits per heavy atom. The second-order valence-electron chi connectivity index (χ2n) is 9.63. The zero-order valence-electron chi connectivity index (χ0n) is 25.6. The first-order valence-corrected chi connectivity index (χ1v) is 13.5. The first-order chi connectivity index (χ1) is 22.2. The molecule has 228 valence electrons. The molecular formula is C30H22N12Na2O4. The first kappa shape index (κ1) is 35.7. The van der Waals surface area contributed by atoms with Crippen LogP contribution < -0.4 is 102 Å². The molecule has 0 aliphatic heterocycles. The number of fused-ring (bicyclic) bond motifs is 1. The van der Waals surface area contributed by atoms with E-state index < -0.39 is 11.9 Å². The van der Waals surface area contributed by atoms with Gasteiger partial charge in [0.05, 0.1) is 23.3 Å². The van der Waals surface area contributed by atoms with E-state index in [2.05, 4.69) is 51.2 Å². The van der Waals surface area contributed by atoms with Crippen molar-refractivity contribution in [2.75, 3.05) is 32.7 Å². The van der Waals surface area contributed by atoms with Crippen LogP contribution in [0.2, 0.25) is 0 Å². The van der Waals surface area contributed by atoms with Crippen molar-refractivity contribution in [3.05, 3.63) is 96.1 Å². The van der Waals surface area contributed by atoms with Crippen LogP contribution in [0.3, 0.4) is 0 Å². The molecule has 0 unspecified atom stereocenters. The van der Waals surface area contributed by atoms with Crippen LogP contribution in [0.5, 0.6) is 0 Å². The number of aromatic nitrogens is 6. The third-order valence-electron chi connectivity index (χ3n) is 6.41.